The minimum absolute atomic E-state index is 0.0193. The average molecular weight is 797 g/mol. The SMILES string of the molecule is CC(=O)C[C@@H](C)C(=O)N[C@@H](CCCN=C(N)N)C(=O)C[C@@H](CCC(N)=O)C(=O)N[C@@H](CCCN=C(N)N)C(=O)C[C@@H](C)C(=O)N[C@@H](CO)C(=O)C[C@@H](C)C(=O)O. The molecule has 0 spiro atoms. The molecule has 0 aromatic carbocycles. The quantitative estimate of drug-likeness (QED) is 0.0200. The third-order valence-corrected chi connectivity index (χ3v) is 8.67. The van der Waals surface area contributed by atoms with E-state index < -0.39 is 115 Å². The Labute approximate surface area is 325 Å². The summed E-state index contributed by atoms with van der Waals surface area (Å²) < 4.78 is 0. The van der Waals surface area contributed by atoms with Crippen LogP contribution in [0.25, 0.3) is 0 Å². The highest BCUT2D eigenvalue weighted by Crippen LogP contribution is 2.18. The van der Waals surface area contributed by atoms with Crippen molar-refractivity contribution in [3.8, 4) is 0 Å². The number of ketones is 4. The van der Waals surface area contributed by atoms with E-state index in [9.17, 15) is 48.3 Å². The van der Waals surface area contributed by atoms with E-state index in [2.05, 4.69) is 25.9 Å². The molecule has 21 nitrogen and oxygen atoms in total. The largest absolute Gasteiger partial charge is 0.481 e. The number of nitrogens with zero attached hydrogens (tertiary/aromatic N) is 2. The number of nitrogens with one attached hydrogen (secondary N) is 3. The summed E-state index contributed by atoms with van der Waals surface area (Å²) in [6.07, 6.45) is -1.50. The molecule has 0 aliphatic heterocycles. The van der Waals surface area contributed by atoms with Gasteiger partial charge >= 0.3 is 5.97 Å². The maximum atomic E-state index is 13.8. The van der Waals surface area contributed by atoms with Crippen LogP contribution in [0.1, 0.15) is 91.9 Å². The van der Waals surface area contributed by atoms with Crippen molar-refractivity contribution < 1.29 is 53.4 Å². The number of carbonyl (C=O) groups excluding carboxylic acids is 8. The van der Waals surface area contributed by atoms with E-state index in [-0.39, 0.29) is 75.7 Å². The van der Waals surface area contributed by atoms with E-state index >= 15 is 0 Å². The van der Waals surface area contributed by atoms with Crippen LogP contribution in [0.5, 0.6) is 0 Å². The minimum Gasteiger partial charge on any atom is -0.481 e. The molecule has 0 fully saturated rings. The van der Waals surface area contributed by atoms with Gasteiger partial charge in [0.05, 0.1) is 24.6 Å². The second-order valence-electron chi connectivity index (χ2n) is 13.9. The lowest BCUT2D eigenvalue weighted by Gasteiger charge is -2.25. The maximum absolute atomic E-state index is 13.8. The Bertz CT molecular complexity index is 1460. The van der Waals surface area contributed by atoms with Crippen LogP contribution in [0.4, 0.5) is 0 Å². The van der Waals surface area contributed by atoms with Crippen molar-refractivity contribution in [2.24, 2.45) is 62.3 Å². The Hall–Kier alpha value is -5.47. The number of amides is 4. The van der Waals surface area contributed by atoms with Crippen LogP contribution in [0.3, 0.4) is 0 Å². The first kappa shape index (κ1) is 50.5. The van der Waals surface area contributed by atoms with Gasteiger partial charge in [0.15, 0.2) is 29.3 Å². The number of guanidine groups is 2. The Morgan fingerprint density at radius 3 is 1.41 bits per heavy atom. The van der Waals surface area contributed by atoms with Crippen molar-refractivity contribution in [3.05, 3.63) is 0 Å². The summed E-state index contributed by atoms with van der Waals surface area (Å²) in [5.41, 5.74) is 26.9. The van der Waals surface area contributed by atoms with Gasteiger partial charge in [-0.05, 0) is 39.0 Å². The number of rotatable bonds is 30. The highest BCUT2D eigenvalue weighted by atomic mass is 16.4. The molecule has 21 heteroatoms. The third kappa shape index (κ3) is 21.4. The number of carbonyl (C=O) groups is 9. The Morgan fingerprint density at radius 1 is 0.571 bits per heavy atom. The number of hydrogen-bond acceptors (Lipinski definition) is 12. The van der Waals surface area contributed by atoms with E-state index in [1.165, 1.54) is 27.7 Å². The zero-order valence-corrected chi connectivity index (χ0v) is 32.6. The van der Waals surface area contributed by atoms with Gasteiger partial charge in [-0.15, -0.1) is 0 Å². The molecule has 15 N–H and O–H groups in total. The van der Waals surface area contributed by atoms with Gasteiger partial charge in [-0.3, -0.25) is 48.3 Å². The summed E-state index contributed by atoms with van der Waals surface area (Å²) in [7, 11) is 0. The minimum atomic E-state index is -1.42. The molecule has 0 aromatic heterocycles. The fraction of sp³-hybridized carbons (Fsp3) is 0.686. The lowest BCUT2D eigenvalue weighted by molar-refractivity contribution is -0.143. The second kappa shape index (κ2) is 26.4. The highest BCUT2D eigenvalue weighted by Gasteiger charge is 2.33. The fourth-order valence-electron chi connectivity index (χ4n) is 5.40. The number of aliphatic carboxylic acids is 1. The van der Waals surface area contributed by atoms with Gasteiger partial charge in [0.2, 0.25) is 23.6 Å². The van der Waals surface area contributed by atoms with Crippen molar-refractivity contribution in [2.75, 3.05) is 19.7 Å². The zero-order valence-electron chi connectivity index (χ0n) is 32.6. The van der Waals surface area contributed by atoms with Crippen molar-refractivity contribution in [3.63, 3.8) is 0 Å². The molecular formula is C35H60N10O11. The van der Waals surface area contributed by atoms with Crippen LogP contribution < -0.4 is 44.6 Å². The van der Waals surface area contributed by atoms with Gasteiger partial charge in [0, 0.05) is 62.9 Å². The van der Waals surface area contributed by atoms with Crippen molar-refractivity contribution in [2.45, 2.75) is 110 Å². The van der Waals surface area contributed by atoms with Gasteiger partial charge in [0.1, 0.15) is 11.8 Å². The van der Waals surface area contributed by atoms with E-state index in [0.29, 0.717) is 0 Å². The molecule has 0 aromatic rings. The summed E-state index contributed by atoms with van der Waals surface area (Å²) in [6.45, 7) is 4.88. The molecule has 0 radical (unpaired) electrons. The van der Waals surface area contributed by atoms with Crippen LogP contribution in [-0.2, 0) is 43.2 Å². The molecule has 56 heavy (non-hydrogen) atoms. The standard InChI is InChI=1S/C35H60N10O11/c1-18(13-21(4)47)30(52)43-24(8-6-12-42-35(39)40)28(50)16-22(9-10-29(36)51)32(54)44-23(7-5-11-41-34(37)38)26(48)14-19(2)31(53)45-25(17-46)27(49)15-20(3)33(55)56/h18-20,22-25,46H,5-17H2,1-4H3,(H2,36,51)(H,43,52)(H,44,54)(H,45,53)(H,55,56)(H4,37,38,41)(H4,39,40,42)/t18-,19-,20-,22-,23+,24+,25+/m1/s1. The number of aliphatic hydroxyl groups excluding tert-OH is 1. The van der Waals surface area contributed by atoms with Gasteiger partial charge in [-0.1, -0.05) is 20.8 Å². The molecule has 0 saturated carbocycles. The summed E-state index contributed by atoms with van der Waals surface area (Å²) in [4.78, 5) is 122. The summed E-state index contributed by atoms with van der Waals surface area (Å²) in [5.74, 6) is -10.9. The van der Waals surface area contributed by atoms with Crippen LogP contribution in [-0.4, -0.2) is 113 Å². The maximum Gasteiger partial charge on any atom is 0.306 e. The number of Topliss-reactive ketones (excluding diaryl/α,β-unsaturated/α-hetero) is 4. The number of aliphatic hydroxyl groups is 1. The Kier molecular flexibility index (Phi) is 23.8. The van der Waals surface area contributed by atoms with E-state index in [1.807, 2.05) is 0 Å². The number of nitrogens with two attached hydrogens (primary N) is 5. The second-order valence-corrected chi connectivity index (χ2v) is 13.9. The van der Waals surface area contributed by atoms with Gasteiger partial charge in [-0.25, -0.2) is 0 Å². The van der Waals surface area contributed by atoms with Crippen molar-refractivity contribution >= 4 is 64.7 Å². The summed E-state index contributed by atoms with van der Waals surface area (Å²) >= 11 is 0. The molecule has 4 amide bonds. The number of aliphatic imine (C=N–C) groups is 2. The van der Waals surface area contributed by atoms with E-state index in [0.717, 1.165) is 0 Å². The molecule has 0 aliphatic rings. The Balaban J connectivity index is 6.25. The van der Waals surface area contributed by atoms with E-state index in [4.69, 9.17) is 33.8 Å². The van der Waals surface area contributed by atoms with Crippen molar-refractivity contribution in [1.29, 1.82) is 0 Å². The van der Waals surface area contributed by atoms with E-state index in [1.54, 1.807) is 0 Å². The van der Waals surface area contributed by atoms with Crippen LogP contribution >= 0.6 is 0 Å². The molecule has 0 bridgehead atoms. The predicted molar refractivity (Wildman–Crippen MR) is 204 cm³/mol. The van der Waals surface area contributed by atoms with Gasteiger partial charge in [0.25, 0.3) is 0 Å². The zero-order chi connectivity index (χ0) is 43.1. The Morgan fingerprint density at radius 2 is 0.982 bits per heavy atom. The lowest BCUT2D eigenvalue weighted by atomic mass is 9.90. The first-order chi connectivity index (χ1) is 26.1. The van der Waals surface area contributed by atoms with Crippen LogP contribution in [0, 0.1) is 23.7 Å². The first-order valence-electron chi connectivity index (χ1n) is 18.3. The molecule has 0 aliphatic carbocycles. The third-order valence-electron chi connectivity index (χ3n) is 8.67. The monoisotopic (exact) mass is 796 g/mol. The number of hydrogen-bond donors (Lipinski definition) is 10. The van der Waals surface area contributed by atoms with Gasteiger partial charge < -0.3 is 59.6 Å². The first-order valence-corrected chi connectivity index (χ1v) is 18.3. The smallest absolute Gasteiger partial charge is 0.306 e. The molecular weight excluding hydrogens is 736 g/mol. The van der Waals surface area contributed by atoms with Gasteiger partial charge in [-0.2, -0.15) is 0 Å². The fourth-order valence-corrected chi connectivity index (χ4v) is 5.40. The number of carboxylic acids is 1. The molecule has 316 valence electrons. The average Bonchev–Trinajstić information content (AvgIpc) is 3.09. The lowest BCUT2D eigenvalue weighted by Crippen LogP contribution is -2.48. The van der Waals surface area contributed by atoms with Crippen molar-refractivity contribution in [1.82, 2.24) is 16.0 Å². The topological polar surface area (TPSA) is 385 Å². The number of primary amides is 1. The normalized spacial score (nSPS) is 14.6. The predicted octanol–water partition coefficient (Wildman–Crippen LogP) is -2.73. The molecule has 0 heterocycles. The number of carboxylic acid groups (broad SMARTS) is 1. The summed E-state index contributed by atoms with van der Waals surface area (Å²) in [6, 6.07) is -3.79. The summed E-state index contributed by atoms with van der Waals surface area (Å²) in [5, 5.41) is 26.3. The molecule has 0 unspecified atom stereocenters. The molecule has 7 atom stereocenters. The molecule has 0 saturated heterocycles. The molecule has 0 rings (SSSR count). The van der Waals surface area contributed by atoms with Crippen LogP contribution in [0.2, 0.25) is 0 Å². The highest BCUT2D eigenvalue weighted by molar-refractivity contribution is 5.97. The van der Waals surface area contributed by atoms with Crippen LogP contribution in [0.15, 0.2) is 9.98 Å².